The summed E-state index contributed by atoms with van der Waals surface area (Å²) in [6.07, 6.45) is 3.43. The van der Waals surface area contributed by atoms with Crippen LogP contribution in [0.1, 0.15) is 73.2 Å². The van der Waals surface area contributed by atoms with Gasteiger partial charge in [0.1, 0.15) is 12.4 Å². The molecular formula is C25H31NO4. The second-order valence-corrected chi connectivity index (χ2v) is 9.19. The lowest BCUT2D eigenvalue weighted by Gasteiger charge is -2.52. The number of phenolic OH excluding ortho intramolecular Hbond substituents is 1. The molecule has 0 radical (unpaired) electrons. The van der Waals surface area contributed by atoms with Crippen LogP contribution in [0.25, 0.3) is 0 Å². The summed E-state index contributed by atoms with van der Waals surface area (Å²) in [7, 11) is 0. The van der Waals surface area contributed by atoms with E-state index in [1.54, 1.807) is 24.3 Å². The Labute approximate surface area is 178 Å². The molecule has 0 bridgehead atoms. The van der Waals surface area contributed by atoms with E-state index < -0.39 is 5.97 Å². The van der Waals surface area contributed by atoms with Gasteiger partial charge >= 0.3 is 5.97 Å². The van der Waals surface area contributed by atoms with E-state index in [1.165, 1.54) is 24.6 Å². The smallest absolute Gasteiger partial charge is 0.338 e. The Kier molecular flexibility index (Phi) is 6.32. The zero-order chi connectivity index (χ0) is 21.9. The first kappa shape index (κ1) is 22.0. The molecule has 1 aliphatic heterocycles. The van der Waals surface area contributed by atoms with Crippen LogP contribution in [-0.4, -0.2) is 46.0 Å². The minimum absolute atomic E-state index is 0.0575. The van der Waals surface area contributed by atoms with Crippen molar-refractivity contribution in [2.45, 2.75) is 58.0 Å². The first-order valence-electron chi connectivity index (χ1n) is 10.5. The molecule has 3 rings (SSSR count). The van der Waals surface area contributed by atoms with Gasteiger partial charge in [0.2, 0.25) is 0 Å². The van der Waals surface area contributed by atoms with Crippen molar-refractivity contribution in [3.05, 3.63) is 65.2 Å². The van der Waals surface area contributed by atoms with Crippen LogP contribution in [0.2, 0.25) is 0 Å². The quantitative estimate of drug-likeness (QED) is 0.547. The molecule has 0 aliphatic carbocycles. The molecule has 1 aliphatic rings. The average Bonchev–Trinajstić information content (AvgIpc) is 2.70. The summed E-state index contributed by atoms with van der Waals surface area (Å²) in [5, 5.41) is 10.1. The number of hydrogen-bond acceptors (Lipinski definition) is 5. The van der Waals surface area contributed by atoms with Gasteiger partial charge in [-0.1, -0.05) is 30.3 Å². The number of hydrogen-bond donors (Lipinski definition) is 1. The number of carbonyl (C=O) groups excluding carboxylic acids is 2. The maximum Gasteiger partial charge on any atom is 0.338 e. The number of nitrogens with zero attached hydrogens (tertiary/aromatic N) is 1. The fourth-order valence-corrected chi connectivity index (χ4v) is 4.55. The highest BCUT2D eigenvalue weighted by molar-refractivity contribution is 6.11. The Bertz CT molecular complexity index is 902. The predicted octanol–water partition coefficient (Wildman–Crippen LogP) is 4.82. The minimum atomic E-state index is -0.496. The molecule has 0 atom stereocenters. The summed E-state index contributed by atoms with van der Waals surface area (Å²) in [5.41, 5.74) is 0.912. The number of piperidine rings is 1. The lowest BCUT2D eigenvalue weighted by Crippen LogP contribution is -2.59. The van der Waals surface area contributed by atoms with E-state index in [9.17, 15) is 14.7 Å². The first-order valence-corrected chi connectivity index (χ1v) is 10.5. The second-order valence-electron chi connectivity index (χ2n) is 9.19. The monoisotopic (exact) mass is 409 g/mol. The van der Waals surface area contributed by atoms with Crippen LogP contribution >= 0.6 is 0 Å². The third kappa shape index (κ3) is 4.73. The Morgan fingerprint density at radius 1 is 0.967 bits per heavy atom. The van der Waals surface area contributed by atoms with Crippen molar-refractivity contribution in [1.82, 2.24) is 4.90 Å². The zero-order valence-electron chi connectivity index (χ0n) is 18.3. The van der Waals surface area contributed by atoms with Gasteiger partial charge in [-0.25, -0.2) is 4.79 Å². The maximum atomic E-state index is 12.7. The van der Waals surface area contributed by atoms with Gasteiger partial charge in [0.05, 0.1) is 11.1 Å². The van der Waals surface area contributed by atoms with Gasteiger partial charge in [-0.3, -0.25) is 9.69 Å². The molecule has 0 saturated carbocycles. The van der Waals surface area contributed by atoms with Crippen molar-refractivity contribution in [2.24, 2.45) is 0 Å². The number of likely N-dealkylation sites (tertiary alicyclic amines) is 1. The summed E-state index contributed by atoms with van der Waals surface area (Å²) >= 11 is 0. The van der Waals surface area contributed by atoms with Gasteiger partial charge in [0.25, 0.3) is 0 Å². The standard InChI is InChI=1S/C25H31NO4/c1-24(2)13-8-14-25(3,4)26(24)15-16-30-23(29)19-11-12-21(27)20(17-19)22(28)18-9-6-5-7-10-18/h5-7,9-12,17,27H,8,13-16H2,1-4H3. The van der Waals surface area contributed by atoms with E-state index in [-0.39, 0.29) is 40.3 Å². The number of rotatable bonds is 6. The van der Waals surface area contributed by atoms with E-state index in [0.717, 1.165) is 12.8 Å². The zero-order valence-corrected chi connectivity index (χ0v) is 18.3. The molecule has 1 saturated heterocycles. The fourth-order valence-electron chi connectivity index (χ4n) is 4.55. The van der Waals surface area contributed by atoms with Gasteiger partial charge in [0.15, 0.2) is 5.78 Å². The lowest BCUT2D eigenvalue weighted by atomic mass is 9.80. The molecule has 160 valence electrons. The van der Waals surface area contributed by atoms with Gasteiger partial charge in [-0.2, -0.15) is 0 Å². The van der Waals surface area contributed by atoms with Crippen LogP contribution in [0.15, 0.2) is 48.5 Å². The minimum Gasteiger partial charge on any atom is -0.507 e. The van der Waals surface area contributed by atoms with Crippen LogP contribution in [0, 0.1) is 0 Å². The fraction of sp³-hybridized carbons (Fsp3) is 0.440. The summed E-state index contributed by atoms with van der Waals surface area (Å²) in [6, 6.07) is 12.9. The molecule has 0 unspecified atom stereocenters. The number of aromatic hydroxyl groups is 1. The van der Waals surface area contributed by atoms with Crippen molar-refractivity contribution < 1.29 is 19.4 Å². The predicted molar refractivity (Wildman–Crippen MR) is 117 cm³/mol. The molecule has 1 N–H and O–H groups in total. The van der Waals surface area contributed by atoms with Crippen LogP contribution in [0.3, 0.4) is 0 Å². The van der Waals surface area contributed by atoms with Crippen molar-refractivity contribution in [3.8, 4) is 5.75 Å². The molecule has 5 heteroatoms. The maximum absolute atomic E-state index is 12.7. The topological polar surface area (TPSA) is 66.8 Å². The summed E-state index contributed by atoms with van der Waals surface area (Å²) in [4.78, 5) is 27.7. The van der Waals surface area contributed by atoms with E-state index in [4.69, 9.17) is 4.74 Å². The molecule has 0 amide bonds. The normalized spacial score (nSPS) is 18.0. The molecule has 5 nitrogen and oxygen atoms in total. The average molecular weight is 410 g/mol. The van der Waals surface area contributed by atoms with Crippen LogP contribution in [0.5, 0.6) is 5.75 Å². The highest BCUT2D eigenvalue weighted by Crippen LogP contribution is 2.37. The van der Waals surface area contributed by atoms with Crippen molar-refractivity contribution in [3.63, 3.8) is 0 Å². The van der Waals surface area contributed by atoms with E-state index in [0.29, 0.717) is 12.1 Å². The van der Waals surface area contributed by atoms with Crippen LogP contribution in [0.4, 0.5) is 0 Å². The van der Waals surface area contributed by atoms with Crippen LogP contribution < -0.4 is 0 Å². The number of esters is 1. The third-order valence-corrected chi connectivity index (χ3v) is 6.10. The molecule has 2 aromatic carbocycles. The largest absolute Gasteiger partial charge is 0.507 e. The summed E-state index contributed by atoms with van der Waals surface area (Å²) in [5.74, 6) is -0.985. The third-order valence-electron chi connectivity index (χ3n) is 6.10. The lowest BCUT2D eigenvalue weighted by molar-refractivity contribution is -0.0402. The molecule has 2 aromatic rings. The van der Waals surface area contributed by atoms with Gasteiger partial charge in [0, 0.05) is 23.2 Å². The van der Waals surface area contributed by atoms with Crippen LogP contribution in [-0.2, 0) is 4.74 Å². The highest BCUT2D eigenvalue weighted by atomic mass is 16.5. The highest BCUT2D eigenvalue weighted by Gasteiger charge is 2.40. The van der Waals surface area contributed by atoms with E-state index in [1.807, 2.05) is 6.07 Å². The first-order chi connectivity index (χ1) is 14.1. The van der Waals surface area contributed by atoms with Crippen molar-refractivity contribution in [1.29, 1.82) is 0 Å². The molecule has 0 spiro atoms. The Balaban J connectivity index is 1.68. The van der Waals surface area contributed by atoms with Crippen molar-refractivity contribution in [2.75, 3.05) is 13.2 Å². The number of phenols is 1. The van der Waals surface area contributed by atoms with Crippen molar-refractivity contribution >= 4 is 11.8 Å². The second kappa shape index (κ2) is 8.60. The molecule has 30 heavy (non-hydrogen) atoms. The van der Waals surface area contributed by atoms with E-state index >= 15 is 0 Å². The van der Waals surface area contributed by atoms with Gasteiger partial charge in [-0.05, 0) is 65.2 Å². The Hall–Kier alpha value is -2.66. The number of ether oxygens (including phenoxy) is 1. The number of carbonyl (C=O) groups is 2. The Morgan fingerprint density at radius 3 is 2.23 bits per heavy atom. The molecular weight excluding hydrogens is 378 g/mol. The summed E-state index contributed by atoms with van der Waals surface area (Å²) in [6.45, 7) is 9.86. The molecule has 1 heterocycles. The molecule has 0 aromatic heterocycles. The van der Waals surface area contributed by atoms with Gasteiger partial charge < -0.3 is 9.84 Å². The molecule has 1 fully saturated rings. The SMILES string of the molecule is CC1(C)CCCC(C)(C)N1CCOC(=O)c1ccc(O)c(C(=O)c2ccccc2)c1. The van der Waals surface area contributed by atoms with E-state index in [2.05, 4.69) is 32.6 Å². The Morgan fingerprint density at radius 2 is 1.60 bits per heavy atom. The summed E-state index contributed by atoms with van der Waals surface area (Å²) < 4.78 is 5.52. The number of benzene rings is 2. The number of ketones is 1. The van der Waals surface area contributed by atoms with Gasteiger partial charge in [-0.15, -0.1) is 0 Å².